The fourth-order valence-electron chi connectivity index (χ4n) is 4.37. The summed E-state index contributed by atoms with van der Waals surface area (Å²) >= 11 is 0. The topological polar surface area (TPSA) is 37.3 Å². The van der Waals surface area contributed by atoms with Crippen molar-refractivity contribution >= 4 is 29.0 Å². The molecule has 0 aliphatic heterocycles. The fraction of sp³-hybridized carbons (Fsp3) is 0.909. The van der Waals surface area contributed by atoms with Crippen molar-refractivity contribution in [3.05, 3.63) is 0 Å². The van der Waals surface area contributed by atoms with Gasteiger partial charge >= 0.3 is 29.0 Å². The Balaban J connectivity index is 0.000000750. The van der Waals surface area contributed by atoms with Gasteiger partial charge in [-0.05, 0) is 56.3 Å². The number of carboxylic acids is 1. The number of hydrogen-bond donors (Lipinski definition) is 1. The zero-order valence-corrected chi connectivity index (χ0v) is 9.95. The van der Waals surface area contributed by atoms with Crippen molar-refractivity contribution < 1.29 is 12.8 Å². The van der Waals surface area contributed by atoms with E-state index in [9.17, 15) is 9.90 Å². The number of carbonyl (C=O) groups is 1. The predicted molar refractivity (Wildman–Crippen MR) is 56.2 cm³/mol. The normalized spacial score (nSPS) is 48.7. The SMILES string of the molecule is O=C(O)C12CC3CC(CC(C3)C1)C2.[H-].[H-].[Mg+2]. The number of hydrogen-bond acceptors (Lipinski definition) is 1. The van der Waals surface area contributed by atoms with E-state index in [1.54, 1.807) is 0 Å². The Kier molecular flexibility index (Phi) is 2.59. The molecule has 0 unspecified atom stereocenters. The Hall–Kier alpha value is 0.236. The van der Waals surface area contributed by atoms with Gasteiger partial charge in [-0.25, -0.2) is 0 Å². The maximum absolute atomic E-state index is 11.3. The van der Waals surface area contributed by atoms with E-state index in [0.717, 1.165) is 37.0 Å². The van der Waals surface area contributed by atoms with Gasteiger partial charge in [-0.1, -0.05) is 0 Å². The first kappa shape index (κ1) is 10.7. The van der Waals surface area contributed by atoms with E-state index in [2.05, 4.69) is 0 Å². The molecule has 0 saturated heterocycles. The molecule has 0 atom stereocenters. The third-order valence-corrected chi connectivity index (χ3v) is 4.49. The molecule has 0 aromatic heterocycles. The van der Waals surface area contributed by atoms with Crippen molar-refractivity contribution in [2.24, 2.45) is 23.2 Å². The van der Waals surface area contributed by atoms with Gasteiger partial charge in [0.05, 0.1) is 5.41 Å². The van der Waals surface area contributed by atoms with Crippen molar-refractivity contribution in [3.63, 3.8) is 0 Å². The largest absolute Gasteiger partial charge is 2.00 e. The van der Waals surface area contributed by atoms with Crippen LogP contribution in [0, 0.1) is 23.2 Å². The van der Waals surface area contributed by atoms with Gasteiger partial charge in [0, 0.05) is 0 Å². The maximum atomic E-state index is 11.3. The summed E-state index contributed by atoms with van der Waals surface area (Å²) in [5.41, 5.74) is -0.283. The second kappa shape index (κ2) is 3.37. The molecule has 3 heteroatoms. The van der Waals surface area contributed by atoms with Crippen LogP contribution in [0.2, 0.25) is 0 Å². The summed E-state index contributed by atoms with van der Waals surface area (Å²) in [4.78, 5) is 11.3. The zero-order valence-electron chi connectivity index (χ0n) is 10.5. The fourth-order valence-corrected chi connectivity index (χ4v) is 4.37. The molecule has 0 spiro atoms. The molecule has 14 heavy (non-hydrogen) atoms. The van der Waals surface area contributed by atoms with Crippen LogP contribution >= 0.6 is 0 Å². The molecule has 0 aromatic carbocycles. The molecule has 1 N–H and O–H groups in total. The molecular weight excluding hydrogens is 188 g/mol. The van der Waals surface area contributed by atoms with Crippen molar-refractivity contribution in [2.45, 2.75) is 38.5 Å². The smallest absolute Gasteiger partial charge is 1.00 e. The number of aliphatic carboxylic acids is 1. The standard InChI is InChI=1S/C11H16O2.Mg.2H/c12-10(13)11-4-7-1-8(5-11)3-9(2-7)6-11;;;/h7-9H,1-6H2,(H,12,13);;;/q;+2;2*-1. The molecule has 4 bridgehead atoms. The summed E-state index contributed by atoms with van der Waals surface area (Å²) in [6.07, 6.45) is 6.92. The monoisotopic (exact) mass is 206 g/mol. The second-order valence-electron chi connectivity index (χ2n) is 5.50. The van der Waals surface area contributed by atoms with E-state index < -0.39 is 5.97 Å². The average molecular weight is 207 g/mol. The van der Waals surface area contributed by atoms with Crippen LogP contribution in [0.25, 0.3) is 0 Å². The Labute approximate surface area is 104 Å². The van der Waals surface area contributed by atoms with Crippen LogP contribution in [0.15, 0.2) is 0 Å². The van der Waals surface area contributed by atoms with E-state index in [4.69, 9.17) is 0 Å². The van der Waals surface area contributed by atoms with Gasteiger partial charge in [-0.15, -0.1) is 0 Å². The number of carboxylic acid groups (broad SMARTS) is 1. The molecule has 4 fully saturated rings. The van der Waals surface area contributed by atoms with E-state index in [1.165, 1.54) is 19.3 Å². The summed E-state index contributed by atoms with van der Waals surface area (Å²) < 4.78 is 0. The maximum Gasteiger partial charge on any atom is 2.00 e. The van der Waals surface area contributed by atoms with E-state index in [1.807, 2.05) is 0 Å². The van der Waals surface area contributed by atoms with E-state index >= 15 is 0 Å². The van der Waals surface area contributed by atoms with Gasteiger partial charge in [-0.2, -0.15) is 0 Å². The summed E-state index contributed by atoms with van der Waals surface area (Å²) in [5.74, 6) is 1.75. The zero-order chi connectivity index (χ0) is 9.05. The van der Waals surface area contributed by atoms with Gasteiger partial charge in [0.1, 0.15) is 0 Å². The predicted octanol–water partition coefficient (Wildman–Crippen LogP) is 2.13. The van der Waals surface area contributed by atoms with Crippen molar-refractivity contribution in [2.75, 3.05) is 0 Å². The minimum absolute atomic E-state index is 0. The Morgan fingerprint density at radius 1 is 1.07 bits per heavy atom. The van der Waals surface area contributed by atoms with Crippen LogP contribution in [0.1, 0.15) is 41.4 Å². The van der Waals surface area contributed by atoms with Crippen LogP contribution in [0.4, 0.5) is 0 Å². The van der Waals surface area contributed by atoms with Gasteiger partial charge < -0.3 is 7.96 Å². The Bertz CT molecular complexity index is 235. The molecule has 0 heterocycles. The summed E-state index contributed by atoms with van der Waals surface area (Å²) in [6, 6.07) is 0. The molecule has 4 saturated carbocycles. The summed E-state index contributed by atoms with van der Waals surface area (Å²) in [5, 5.41) is 9.28. The molecule has 2 nitrogen and oxygen atoms in total. The van der Waals surface area contributed by atoms with Crippen molar-refractivity contribution in [1.29, 1.82) is 0 Å². The van der Waals surface area contributed by atoms with Crippen molar-refractivity contribution in [1.82, 2.24) is 0 Å². The van der Waals surface area contributed by atoms with Crippen LogP contribution in [-0.2, 0) is 4.79 Å². The third kappa shape index (κ3) is 1.40. The minimum Gasteiger partial charge on any atom is -1.00 e. The van der Waals surface area contributed by atoms with Gasteiger partial charge in [0.15, 0.2) is 0 Å². The van der Waals surface area contributed by atoms with E-state index in [0.29, 0.717) is 0 Å². The molecule has 0 aromatic rings. The van der Waals surface area contributed by atoms with Crippen LogP contribution in [0.3, 0.4) is 0 Å². The molecule has 0 radical (unpaired) electrons. The van der Waals surface area contributed by atoms with Crippen LogP contribution in [0.5, 0.6) is 0 Å². The summed E-state index contributed by atoms with van der Waals surface area (Å²) in [6.45, 7) is 0. The average Bonchev–Trinajstić information content (AvgIpc) is 2.00. The first-order valence-electron chi connectivity index (χ1n) is 5.41. The first-order valence-corrected chi connectivity index (χ1v) is 5.41. The minimum atomic E-state index is -0.508. The third-order valence-electron chi connectivity index (χ3n) is 4.49. The molecular formula is C11H18MgO2. The molecule has 4 aliphatic carbocycles. The van der Waals surface area contributed by atoms with Gasteiger partial charge in [0.2, 0.25) is 0 Å². The first-order chi connectivity index (χ1) is 6.18. The second-order valence-corrected chi connectivity index (χ2v) is 5.50. The summed E-state index contributed by atoms with van der Waals surface area (Å²) in [7, 11) is 0. The van der Waals surface area contributed by atoms with Crippen molar-refractivity contribution in [3.8, 4) is 0 Å². The Morgan fingerprint density at radius 2 is 1.43 bits per heavy atom. The van der Waals surface area contributed by atoms with Crippen LogP contribution < -0.4 is 0 Å². The quantitative estimate of drug-likeness (QED) is 0.668. The van der Waals surface area contributed by atoms with Gasteiger partial charge in [-0.3, -0.25) is 4.79 Å². The van der Waals surface area contributed by atoms with Gasteiger partial charge in [0.25, 0.3) is 0 Å². The molecule has 4 rings (SSSR count). The molecule has 76 valence electrons. The van der Waals surface area contributed by atoms with Crippen LogP contribution in [-0.4, -0.2) is 34.1 Å². The number of rotatable bonds is 1. The molecule has 4 aliphatic rings. The Morgan fingerprint density at radius 3 is 1.71 bits per heavy atom. The molecule has 0 amide bonds. The van der Waals surface area contributed by atoms with E-state index in [-0.39, 0.29) is 31.3 Å².